The van der Waals surface area contributed by atoms with E-state index >= 15 is 0 Å². The predicted octanol–water partition coefficient (Wildman–Crippen LogP) is 2.76. The Hall–Kier alpha value is -2.55. The summed E-state index contributed by atoms with van der Waals surface area (Å²) in [6.45, 7) is 5.95. The fourth-order valence-corrected chi connectivity index (χ4v) is 1.51. The maximum absolute atomic E-state index is 11.7. The average Bonchev–Trinajstić information content (AvgIpc) is 2.57. The molecule has 1 amide bonds. The van der Waals surface area contributed by atoms with E-state index in [1.165, 1.54) is 0 Å². The minimum Gasteiger partial charge on any atom is -0.463 e. The van der Waals surface area contributed by atoms with Crippen LogP contribution < -0.4 is 5.32 Å². The Bertz CT molecular complexity index is 573. The number of nitrogens with one attached hydrogen (secondary N) is 1. The number of hydrogen-bond donors (Lipinski definition) is 1. The van der Waals surface area contributed by atoms with Gasteiger partial charge in [-0.05, 0) is 38.0 Å². The van der Waals surface area contributed by atoms with Crippen molar-refractivity contribution in [3.05, 3.63) is 35.4 Å². The van der Waals surface area contributed by atoms with Gasteiger partial charge >= 0.3 is 12.1 Å². The van der Waals surface area contributed by atoms with E-state index in [1.54, 1.807) is 24.3 Å². The van der Waals surface area contributed by atoms with E-state index in [-0.39, 0.29) is 25.7 Å². The zero-order valence-electron chi connectivity index (χ0n) is 13.7. The molecule has 1 aromatic rings. The molecule has 124 valence electrons. The first-order valence-electron chi connectivity index (χ1n) is 7.46. The molecule has 1 rings (SSSR count). The number of nitriles is 1. The first-order chi connectivity index (χ1) is 10.9. The lowest BCUT2D eigenvalue weighted by Gasteiger charge is -2.20. The van der Waals surface area contributed by atoms with Crippen molar-refractivity contribution in [2.75, 3.05) is 13.2 Å². The van der Waals surface area contributed by atoms with E-state index in [0.717, 1.165) is 5.56 Å². The third-order valence-electron chi connectivity index (χ3n) is 3.49. The van der Waals surface area contributed by atoms with E-state index < -0.39 is 11.5 Å². The van der Waals surface area contributed by atoms with Crippen molar-refractivity contribution in [1.82, 2.24) is 5.32 Å². The van der Waals surface area contributed by atoms with E-state index in [9.17, 15) is 9.59 Å². The van der Waals surface area contributed by atoms with Crippen molar-refractivity contribution in [3.8, 4) is 6.07 Å². The third kappa shape index (κ3) is 6.39. The number of benzene rings is 1. The minimum absolute atomic E-state index is 0.105. The molecule has 0 heterocycles. The summed E-state index contributed by atoms with van der Waals surface area (Å²) in [6.07, 6.45) is 0.103. The first kappa shape index (κ1) is 18.5. The largest absolute Gasteiger partial charge is 0.463 e. The maximum Gasteiger partial charge on any atom is 0.407 e. The second-order valence-electron chi connectivity index (χ2n) is 5.68. The number of carbonyl (C=O) groups is 2. The molecule has 0 unspecified atom stereocenters. The first-order valence-corrected chi connectivity index (χ1v) is 7.46. The van der Waals surface area contributed by atoms with Crippen LogP contribution in [-0.4, -0.2) is 25.2 Å². The molecular formula is C17H22N2O4. The van der Waals surface area contributed by atoms with Gasteiger partial charge in [-0.3, -0.25) is 4.79 Å². The van der Waals surface area contributed by atoms with E-state index in [1.807, 2.05) is 26.8 Å². The van der Waals surface area contributed by atoms with Gasteiger partial charge in [-0.25, -0.2) is 4.79 Å². The Morgan fingerprint density at radius 2 is 1.87 bits per heavy atom. The molecule has 0 bridgehead atoms. The standard InChI is InChI=1S/C17H22N2O4/c1-4-17(2,3)15(20)22-10-9-19-16(21)23-12-14-7-5-13(11-18)6-8-14/h5-8H,4,9-10,12H2,1-3H3,(H,19,21). The highest BCUT2D eigenvalue weighted by Crippen LogP contribution is 2.21. The number of rotatable bonds is 7. The number of amides is 1. The number of hydrogen-bond acceptors (Lipinski definition) is 5. The van der Waals surface area contributed by atoms with Crippen LogP contribution in [-0.2, 0) is 20.9 Å². The van der Waals surface area contributed by atoms with Gasteiger partial charge in [0.15, 0.2) is 0 Å². The van der Waals surface area contributed by atoms with Crippen LogP contribution in [0.3, 0.4) is 0 Å². The Balaban J connectivity index is 2.22. The highest BCUT2D eigenvalue weighted by Gasteiger charge is 2.26. The molecule has 0 saturated heterocycles. The van der Waals surface area contributed by atoms with Crippen molar-refractivity contribution in [3.63, 3.8) is 0 Å². The van der Waals surface area contributed by atoms with Gasteiger partial charge in [0.25, 0.3) is 0 Å². The normalized spacial score (nSPS) is 10.5. The molecule has 0 aliphatic carbocycles. The predicted molar refractivity (Wildman–Crippen MR) is 84.4 cm³/mol. The third-order valence-corrected chi connectivity index (χ3v) is 3.49. The van der Waals surface area contributed by atoms with Crippen molar-refractivity contribution >= 4 is 12.1 Å². The molecule has 0 saturated carbocycles. The van der Waals surface area contributed by atoms with Crippen LogP contribution in [0, 0.1) is 16.7 Å². The lowest BCUT2D eigenvalue weighted by Crippen LogP contribution is -2.31. The smallest absolute Gasteiger partial charge is 0.407 e. The highest BCUT2D eigenvalue weighted by molar-refractivity contribution is 5.75. The number of ether oxygens (including phenoxy) is 2. The van der Waals surface area contributed by atoms with Gasteiger partial charge in [0.2, 0.25) is 0 Å². The van der Waals surface area contributed by atoms with Crippen molar-refractivity contribution in [1.29, 1.82) is 5.26 Å². The Morgan fingerprint density at radius 1 is 1.22 bits per heavy atom. The Kier molecular flexibility index (Phi) is 7.07. The molecule has 1 aromatic carbocycles. The summed E-state index contributed by atoms with van der Waals surface area (Å²) in [6, 6.07) is 8.78. The maximum atomic E-state index is 11.7. The highest BCUT2D eigenvalue weighted by atomic mass is 16.6. The van der Waals surface area contributed by atoms with Crippen molar-refractivity contribution in [2.24, 2.45) is 5.41 Å². The quantitative estimate of drug-likeness (QED) is 0.617. The fraction of sp³-hybridized carbons (Fsp3) is 0.471. The van der Waals surface area contributed by atoms with Crippen LogP contribution in [0.5, 0.6) is 0 Å². The summed E-state index contributed by atoms with van der Waals surface area (Å²) < 4.78 is 10.1. The van der Waals surface area contributed by atoms with Gasteiger partial charge in [0.1, 0.15) is 13.2 Å². The van der Waals surface area contributed by atoms with Gasteiger partial charge in [-0.15, -0.1) is 0 Å². The van der Waals surface area contributed by atoms with Crippen LogP contribution in [0.15, 0.2) is 24.3 Å². The Labute approximate surface area is 136 Å². The van der Waals surface area contributed by atoms with Gasteiger partial charge in [-0.1, -0.05) is 19.1 Å². The monoisotopic (exact) mass is 318 g/mol. The second kappa shape index (κ2) is 8.79. The average molecular weight is 318 g/mol. The van der Waals surface area contributed by atoms with Crippen LogP contribution >= 0.6 is 0 Å². The zero-order chi connectivity index (χ0) is 17.3. The topological polar surface area (TPSA) is 88.4 Å². The van der Waals surface area contributed by atoms with Gasteiger partial charge in [0, 0.05) is 0 Å². The molecule has 6 heteroatoms. The number of carbonyl (C=O) groups excluding carboxylic acids is 2. The lowest BCUT2D eigenvalue weighted by molar-refractivity contribution is -0.153. The molecular weight excluding hydrogens is 296 g/mol. The van der Waals surface area contributed by atoms with E-state index in [4.69, 9.17) is 14.7 Å². The van der Waals surface area contributed by atoms with Gasteiger partial charge in [-0.2, -0.15) is 5.26 Å². The molecule has 0 fully saturated rings. The lowest BCUT2D eigenvalue weighted by atomic mass is 9.91. The number of esters is 1. The SMILES string of the molecule is CCC(C)(C)C(=O)OCCNC(=O)OCc1ccc(C#N)cc1. The molecule has 0 aliphatic heterocycles. The molecule has 23 heavy (non-hydrogen) atoms. The molecule has 0 spiro atoms. The molecule has 1 N–H and O–H groups in total. The van der Waals surface area contributed by atoms with Gasteiger partial charge in [0.05, 0.1) is 23.6 Å². The number of nitrogens with zero attached hydrogens (tertiary/aromatic N) is 1. The fourth-order valence-electron chi connectivity index (χ4n) is 1.51. The molecule has 0 atom stereocenters. The molecule has 0 aromatic heterocycles. The van der Waals surface area contributed by atoms with Crippen molar-refractivity contribution in [2.45, 2.75) is 33.8 Å². The Morgan fingerprint density at radius 3 is 2.43 bits per heavy atom. The summed E-state index contributed by atoms with van der Waals surface area (Å²) in [5.41, 5.74) is 0.820. The summed E-state index contributed by atoms with van der Waals surface area (Å²) >= 11 is 0. The molecule has 0 radical (unpaired) electrons. The number of alkyl carbamates (subject to hydrolysis) is 1. The minimum atomic E-state index is -0.583. The summed E-state index contributed by atoms with van der Waals surface area (Å²) in [7, 11) is 0. The molecule has 0 aliphatic rings. The van der Waals surface area contributed by atoms with Crippen LogP contribution in [0.25, 0.3) is 0 Å². The van der Waals surface area contributed by atoms with Crippen molar-refractivity contribution < 1.29 is 19.1 Å². The summed E-state index contributed by atoms with van der Waals surface area (Å²) in [4.78, 5) is 23.2. The van der Waals surface area contributed by atoms with E-state index in [0.29, 0.717) is 12.0 Å². The summed E-state index contributed by atoms with van der Waals surface area (Å²) in [5.74, 6) is -0.284. The van der Waals surface area contributed by atoms with E-state index in [2.05, 4.69) is 5.32 Å². The van der Waals surface area contributed by atoms with Crippen LogP contribution in [0.1, 0.15) is 38.3 Å². The second-order valence-corrected chi connectivity index (χ2v) is 5.68. The van der Waals surface area contributed by atoms with Crippen LogP contribution in [0.2, 0.25) is 0 Å². The zero-order valence-corrected chi connectivity index (χ0v) is 13.7. The van der Waals surface area contributed by atoms with Gasteiger partial charge < -0.3 is 14.8 Å². The molecule has 6 nitrogen and oxygen atoms in total. The van der Waals surface area contributed by atoms with Crippen LogP contribution in [0.4, 0.5) is 4.79 Å². The summed E-state index contributed by atoms with van der Waals surface area (Å²) in [5, 5.41) is 11.2.